The summed E-state index contributed by atoms with van der Waals surface area (Å²) < 4.78 is 15.3. The third kappa shape index (κ3) is 10.0. The SMILES string of the molecule is C[C@@H](OCc1ccc(CCCCCOCCCc2cccc3c2n(C)c(=O)n3C2CCC(=O)NC2=O)cc1)[C@H](CCC(N)=O)NC(=O)[C@@H]1Cc2cccc3c2N1C(=O)[C@@H](N)CC3. The van der Waals surface area contributed by atoms with Gasteiger partial charge in [-0.1, -0.05) is 61.0 Å². The highest BCUT2D eigenvalue weighted by molar-refractivity contribution is 6.07. The Morgan fingerprint density at radius 1 is 0.887 bits per heavy atom. The van der Waals surface area contributed by atoms with E-state index in [9.17, 15) is 28.8 Å². The lowest BCUT2D eigenvalue weighted by atomic mass is 10.0. The number of fused-ring (bicyclic) bond motifs is 1. The molecule has 3 aliphatic rings. The van der Waals surface area contributed by atoms with Crippen LogP contribution < -0.4 is 32.7 Å². The highest BCUT2D eigenvalue weighted by Crippen LogP contribution is 2.39. The lowest BCUT2D eigenvalue weighted by Crippen LogP contribution is -2.55. The van der Waals surface area contributed by atoms with Crippen LogP contribution in [0.5, 0.6) is 0 Å². The number of aryl methyl sites for hydroxylation is 4. The summed E-state index contributed by atoms with van der Waals surface area (Å²) in [6, 6.07) is 17.3. The molecule has 3 aromatic carbocycles. The van der Waals surface area contributed by atoms with Gasteiger partial charge in [0.05, 0.1) is 41.5 Å². The van der Waals surface area contributed by atoms with Crippen LogP contribution in [0.1, 0.15) is 98.6 Å². The number of hydrogen-bond donors (Lipinski definition) is 4. The number of anilines is 1. The zero-order valence-corrected chi connectivity index (χ0v) is 35.7. The highest BCUT2D eigenvalue weighted by Gasteiger charge is 2.43. The van der Waals surface area contributed by atoms with E-state index in [4.69, 9.17) is 20.9 Å². The maximum Gasteiger partial charge on any atom is 0.329 e. The van der Waals surface area contributed by atoms with Gasteiger partial charge < -0.3 is 26.3 Å². The zero-order chi connectivity index (χ0) is 43.9. The molecule has 15 nitrogen and oxygen atoms in total. The molecular weight excluding hydrogens is 791 g/mol. The average molecular weight is 850 g/mol. The molecule has 0 saturated carbocycles. The van der Waals surface area contributed by atoms with E-state index in [1.54, 1.807) is 16.5 Å². The third-order valence-electron chi connectivity index (χ3n) is 12.6. The Morgan fingerprint density at radius 3 is 2.40 bits per heavy atom. The Labute approximate surface area is 361 Å². The molecule has 1 fully saturated rings. The van der Waals surface area contributed by atoms with E-state index in [0.717, 1.165) is 72.0 Å². The first-order valence-corrected chi connectivity index (χ1v) is 22.0. The normalized spacial score (nSPS) is 19.6. The molecule has 5 atom stereocenters. The number of carbonyl (C=O) groups excluding carboxylic acids is 5. The monoisotopic (exact) mass is 849 g/mol. The first-order valence-electron chi connectivity index (χ1n) is 22.0. The fraction of sp³-hybridized carbons (Fsp3) is 0.489. The number of unbranched alkanes of at least 4 members (excludes halogenated alkanes) is 2. The van der Waals surface area contributed by atoms with Crippen LogP contribution in [0.15, 0.2) is 65.5 Å². The number of aromatic nitrogens is 2. The molecule has 1 unspecified atom stereocenters. The number of para-hydroxylation sites is 2. The summed E-state index contributed by atoms with van der Waals surface area (Å²) in [6.45, 7) is 3.46. The van der Waals surface area contributed by atoms with Gasteiger partial charge in [0.15, 0.2) is 0 Å². The number of carbonyl (C=O) groups is 5. The van der Waals surface area contributed by atoms with Crippen LogP contribution in [0.4, 0.5) is 5.69 Å². The number of piperidine rings is 1. The fourth-order valence-electron chi connectivity index (χ4n) is 9.14. The molecule has 4 aromatic rings. The topological polar surface area (TPSA) is 210 Å². The Kier molecular flexibility index (Phi) is 14.4. The third-order valence-corrected chi connectivity index (χ3v) is 12.6. The lowest BCUT2D eigenvalue weighted by molar-refractivity contribution is -0.135. The van der Waals surface area contributed by atoms with E-state index in [1.165, 1.54) is 10.1 Å². The van der Waals surface area contributed by atoms with Gasteiger partial charge in [0.2, 0.25) is 29.5 Å². The number of benzene rings is 3. The van der Waals surface area contributed by atoms with Crippen LogP contribution in [0.3, 0.4) is 0 Å². The van der Waals surface area contributed by atoms with Crippen molar-refractivity contribution in [2.75, 3.05) is 18.1 Å². The summed E-state index contributed by atoms with van der Waals surface area (Å²) in [5, 5.41) is 5.45. The van der Waals surface area contributed by atoms with E-state index in [-0.39, 0.29) is 36.3 Å². The molecule has 15 heteroatoms. The molecule has 330 valence electrons. The summed E-state index contributed by atoms with van der Waals surface area (Å²) >= 11 is 0. The van der Waals surface area contributed by atoms with Crippen molar-refractivity contribution in [3.8, 4) is 0 Å². The molecule has 4 heterocycles. The number of imide groups is 1. The van der Waals surface area contributed by atoms with E-state index < -0.39 is 42.1 Å². The number of nitrogens with zero attached hydrogens (tertiary/aromatic N) is 3. The Balaban J connectivity index is 0.818. The van der Waals surface area contributed by atoms with Gasteiger partial charge in [-0.05, 0) is 98.6 Å². The first kappa shape index (κ1) is 44.4. The van der Waals surface area contributed by atoms with Crippen molar-refractivity contribution in [3.63, 3.8) is 0 Å². The average Bonchev–Trinajstić information content (AvgIpc) is 3.73. The van der Waals surface area contributed by atoms with Crippen molar-refractivity contribution in [3.05, 3.63) is 99.0 Å². The number of nitrogens with two attached hydrogens (primary N) is 2. The predicted molar refractivity (Wildman–Crippen MR) is 234 cm³/mol. The number of ether oxygens (including phenoxy) is 2. The van der Waals surface area contributed by atoms with Gasteiger partial charge >= 0.3 is 5.69 Å². The molecular formula is C47H59N7O8. The number of rotatable bonds is 20. The maximum absolute atomic E-state index is 13.8. The molecule has 0 spiro atoms. The Hall–Kier alpha value is -5.64. The van der Waals surface area contributed by atoms with Gasteiger partial charge in [-0.15, -0.1) is 0 Å². The molecule has 7 rings (SSSR count). The second-order valence-electron chi connectivity index (χ2n) is 16.9. The second-order valence-corrected chi connectivity index (χ2v) is 16.9. The number of amides is 5. The number of hydrogen-bond acceptors (Lipinski definition) is 9. The highest BCUT2D eigenvalue weighted by atomic mass is 16.5. The summed E-state index contributed by atoms with van der Waals surface area (Å²) in [4.78, 5) is 78.0. The van der Waals surface area contributed by atoms with Gasteiger partial charge in [-0.25, -0.2) is 4.79 Å². The van der Waals surface area contributed by atoms with Crippen molar-refractivity contribution in [1.29, 1.82) is 0 Å². The minimum absolute atomic E-state index is 0.0792. The van der Waals surface area contributed by atoms with Gasteiger partial charge in [0, 0.05) is 39.5 Å². The predicted octanol–water partition coefficient (Wildman–Crippen LogP) is 3.57. The summed E-state index contributed by atoms with van der Waals surface area (Å²) in [6.07, 6.45) is 7.51. The molecule has 5 amide bonds. The standard InChI is InChI=1S/C47H59N7O8/c1-29(36(21-23-40(49)55)50-45(58)39-27-34-12-6-10-33-19-20-35(48)46(59)54(39)42(33)34)62-28-31-17-15-30(16-18-31)9-4-3-5-25-61-26-8-13-32-11-7-14-37-43(32)52(2)47(60)53(37)38-22-24-41(56)51-44(38)57/h6-7,10-12,14-18,29,35-36,38-39H,3-5,8-9,13,19-28,48H2,1-2H3,(H2,49,55)(H,50,58)(H,51,56,57)/t29-,35+,36+,38?,39+/m1/s1. The van der Waals surface area contributed by atoms with Crippen LogP contribution in [-0.4, -0.2) is 76.1 Å². The van der Waals surface area contributed by atoms with Crippen molar-refractivity contribution >= 4 is 46.3 Å². The maximum atomic E-state index is 13.8. The van der Waals surface area contributed by atoms with E-state index in [0.29, 0.717) is 57.4 Å². The minimum atomic E-state index is -0.737. The van der Waals surface area contributed by atoms with E-state index in [1.807, 2.05) is 55.5 Å². The lowest BCUT2D eigenvalue weighted by Gasteiger charge is -2.30. The number of primary amides is 1. The van der Waals surface area contributed by atoms with E-state index in [2.05, 4.69) is 22.8 Å². The summed E-state index contributed by atoms with van der Waals surface area (Å²) in [5.74, 6) is -1.78. The van der Waals surface area contributed by atoms with Crippen LogP contribution >= 0.6 is 0 Å². The van der Waals surface area contributed by atoms with Gasteiger partial charge in [0.25, 0.3) is 0 Å². The Morgan fingerprint density at radius 2 is 1.63 bits per heavy atom. The molecule has 0 aliphatic carbocycles. The van der Waals surface area contributed by atoms with Crippen molar-refractivity contribution in [2.24, 2.45) is 18.5 Å². The second kappa shape index (κ2) is 20.0. The van der Waals surface area contributed by atoms with Crippen LogP contribution in [0.2, 0.25) is 0 Å². The van der Waals surface area contributed by atoms with Gasteiger partial charge in [-0.2, -0.15) is 0 Å². The molecule has 6 N–H and O–H groups in total. The molecule has 0 bridgehead atoms. The molecule has 1 aromatic heterocycles. The van der Waals surface area contributed by atoms with Crippen LogP contribution in [0.25, 0.3) is 11.0 Å². The summed E-state index contributed by atoms with van der Waals surface area (Å²) in [7, 11) is 1.72. The van der Waals surface area contributed by atoms with E-state index >= 15 is 0 Å². The molecule has 0 radical (unpaired) electrons. The van der Waals surface area contributed by atoms with Crippen molar-refractivity contribution < 1.29 is 33.4 Å². The largest absolute Gasteiger partial charge is 0.381 e. The fourth-order valence-corrected chi connectivity index (χ4v) is 9.14. The number of imidazole rings is 1. The minimum Gasteiger partial charge on any atom is -0.381 e. The zero-order valence-electron chi connectivity index (χ0n) is 35.7. The van der Waals surface area contributed by atoms with Gasteiger partial charge in [-0.3, -0.25) is 43.3 Å². The smallest absolute Gasteiger partial charge is 0.329 e. The van der Waals surface area contributed by atoms with Crippen molar-refractivity contribution in [1.82, 2.24) is 19.8 Å². The van der Waals surface area contributed by atoms with Crippen LogP contribution in [-0.2, 0) is 72.8 Å². The molecule has 62 heavy (non-hydrogen) atoms. The molecule has 3 aliphatic heterocycles. The number of nitrogens with one attached hydrogen (secondary N) is 2. The van der Waals surface area contributed by atoms with Crippen LogP contribution in [0, 0.1) is 0 Å². The van der Waals surface area contributed by atoms with Crippen molar-refractivity contribution in [2.45, 2.75) is 127 Å². The first-order chi connectivity index (χ1) is 29.9. The summed E-state index contributed by atoms with van der Waals surface area (Å²) in [5.41, 5.74) is 19.0. The Bertz CT molecular complexity index is 2350. The molecule has 1 saturated heterocycles. The quantitative estimate of drug-likeness (QED) is 0.0756. The van der Waals surface area contributed by atoms with Gasteiger partial charge in [0.1, 0.15) is 12.1 Å².